The van der Waals surface area contributed by atoms with Crippen LogP contribution < -0.4 is 4.90 Å². The van der Waals surface area contributed by atoms with E-state index in [0.717, 1.165) is 33.8 Å². The number of hydrogen-bond acceptors (Lipinski definition) is 1. The topological polar surface area (TPSA) is 8.17 Å². The van der Waals surface area contributed by atoms with E-state index in [-0.39, 0.29) is 0 Å². The normalized spacial score (nSPS) is 11.3. The molecule has 12 aromatic rings. The van der Waals surface area contributed by atoms with Crippen LogP contribution in [0.4, 0.5) is 17.1 Å². The molecule has 1 heterocycles. The molecule has 11 aromatic carbocycles. The minimum absolute atomic E-state index is 1.07. The van der Waals surface area contributed by atoms with E-state index in [4.69, 9.17) is 0 Å². The summed E-state index contributed by atoms with van der Waals surface area (Å²) in [5.41, 5.74) is 18.5. The van der Waals surface area contributed by atoms with Gasteiger partial charge in [-0.1, -0.05) is 212 Å². The number of nitrogens with zero attached hydrogens (tertiary/aromatic N) is 2. The molecule has 0 aliphatic rings. The van der Waals surface area contributed by atoms with Crippen LogP contribution in [0, 0.1) is 0 Å². The van der Waals surface area contributed by atoms with Gasteiger partial charge in [-0.3, -0.25) is 0 Å². The molecule has 66 heavy (non-hydrogen) atoms. The Morgan fingerprint density at radius 1 is 0.288 bits per heavy atom. The van der Waals surface area contributed by atoms with Crippen molar-refractivity contribution in [3.8, 4) is 61.3 Å². The molecule has 2 heteroatoms. The lowest BCUT2D eigenvalue weighted by molar-refractivity contribution is 1.18. The summed E-state index contributed by atoms with van der Waals surface area (Å²) in [6.07, 6.45) is 0. The van der Waals surface area contributed by atoms with Crippen molar-refractivity contribution in [3.05, 3.63) is 267 Å². The van der Waals surface area contributed by atoms with E-state index < -0.39 is 0 Å². The van der Waals surface area contributed by atoms with Gasteiger partial charge < -0.3 is 9.47 Å². The molecule has 310 valence electrons. The summed E-state index contributed by atoms with van der Waals surface area (Å²) < 4.78 is 2.41. The third-order valence-corrected chi connectivity index (χ3v) is 13.0. The molecule has 0 fully saturated rings. The van der Waals surface area contributed by atoms with E-state index in [9.17, 15) is 0 Å². The van der Waals surface area contributed by atoms with E-state index in [2.05, 4.69) is 276 Å². The van der Waals surface area contributed by atoms with Crippen molar-refractivity contribution in [2.45, 2.75) is 0 Å². The Kier molecular flexibility index (Phi) is 9.89. The van der Waals surface area contributed by atoms with Crippen LogP contribution >= 0.6 is 0 Å². The number of fused-ring (bicyclic) bond motifs is 4. The number of benzene rings is 11. The second-order valence-corrected chi connectivity index (χ2v) is 16.9. The van der Waals surface area contributed by atoms with Crippen molar-refractivity contribution in [1.29, 1.82) is 0 Å². The second kappa shape index (κ2) is 16.8. The number of anilines is 3. The zero-order chi connectivity index (χ0) is 43.8. The maximum absolute atomic E-state index is 2.50. The molecule has 0 bridgehead atoms. The van der Waals surface area contributed by atoms with Gasteiger partial charge in [-0.15, -0.1) is 0 Å². The lowest BCUT2D eigenvalue weighted by Gasteiger charge is -2.30. The number of aromatic nitrogens is 1. The van der Waals surface area contributed by atoms with Gasteiger partial charge in [-0.05, 0) is 115 Å². The molecule has 0 amide bonds. The first kappa shape index (κ1) is 38.9. The molecule has 12 rings (SSSR count). The lowest BCUT2D eigenvalue weighted by Crippen LogP contribution is -2.12. The molecule has 0 saturated carbocycles. The highest BCUT2D eigenvalue weighted by Gasteiger charge is 2.26. The average molecular weight is 841 g/mol. The van der Waals surface area contributed by atoms with Crippen molar-refractivity contribution < 1.29 is 0 Å². The molecule has 0 aliphatic heterocycles. The standard InChI is InChI=1S/C64H44N2/c1-4-19-49(20-5-1)55-26-12-13-27-57(55)63-56(50-21-6-2-7-22-50)29-16-31-60(63)66(62-33-17-32-61-64(62)58-28-14-15-30-59(58)65(61)53-24-8-3-9-25-53)54-42-40-47(41-43-54)46-34-36-48(37-35-46)52-39-38-45-18-10-11-23-51(45)44-52/h1-44H. The van der Waals surface area contributed by atoms with Gasteiger partial charge in [0.25, 0.3) is 0 Å². The molecule has 0 atom stereocenters. The number of rotatable bonds is 9. The third-order valence-electron chi connectivity index (χ3n) is 13.0. The smallest absolute Gasteiger partial charge is 0.0562 e. The van der Waals surface area contributed by atoms with Crippen molar-refractivity contribution in [3.63, 3.8) is 0 Å². The Morgan fingerprint density at radius 2 is 0.788 bits per heavy atom. The van der Waals surface area contributed by atoms with Crippen LogP contribution in [-0.2, 0) is 0 Å². The van der Waals surface area contributed by atoms with Gasteiger partial charge in [0.05, 0.1) is 22.4 Å². The summed E-state index contributed by atoms with van der Waals surface area (Å²) in [6, 6.07) is 97.0. The second-order valence-electron chi connectivity index (χ2n) is 16.9. The van der Waals surface area contributed by atoms with Crippen LogP contribution in [0.25, 0.3) is 93.9 Å². The highest BCUT2D eigenvalue weighted by atomic mass is 15.2. The molecule has 1 aromatic heterocycles. The highest BCUT2D eigenvalue weighted by Crippen LogP contribution is 2.50. The van der Waals surface area contributed by atoms with Gasteiger partial charge in [0, 0.05) is 27.7 Å². The SMILES string of the molecule is c1ccc(-c2ccccc2-c2c(-c3ccccc3)cccc2N(c2ccc(-c3ccc(-c4ccc5ccccc5c4)cc3)cc2)c2cccc3c2c2ccccc2n3-c2ccccc2)cc1. The molecule has 0 aliphatic carbocycles. The minimum Gasteiger partial charge on any atom is -0.309 e. The summed E-state index contributed by atoms with van der Waals surface area (Å²) in [5.74, 6) is 0. The Labute approximate surface area is 385 Å². The Morgan fingerprint density at radius 3 is 1.52 bits per heavy atom. The fourth-order valence-corrected chi connectivity index (χ4v) is 9.92. The summed E-state index contributed by atoms with van der Waals surface area (Å²) >= 11 is 0. The zero-order valence-corrected chi connectivity index (χ0v) is 36.3. The van der Waals surface area contributed by atoms with Crippen LogP contribution in [-0.4, -0.2) is 4.57 Å². The number of hydrogen-bond donors (Lipinski definition) is 0. The van der Waals surface area contributed by atoms with Gasteiger partial charge in [0.1, 0.15) is 0 Å². The van der Waals surface area contributed by atoms with Crippen molar-refractivity contribution >= 4 is 49.6 Å². The maximum atomic E-state index is 2.50. The van der Waals surface area contributed by atoms with Crippen molar-refractivity contribution in [2.75, 3.05) is 4.90 Å². The minimum atomic E-state index is 1.07. The summed E-state index contributed by atoms with van der Waals surface area (Å²) in [5, 5.41) is 4.90. The highest BCUT2D eigenvalue weighted by molar-refractivity contribution is 6.17. The fraction of sp³-hybridized carbons (Fsp3) is 0. The van der Waals surface area contributed by atoms with Crippen LogP contribution in [0.15, 0.2) is 267 Å². The van der Waals surface area contributed by atoms with Gasteiger partial charge in [0.15, 0.2) is 0 Å². The van der Waals surface area contributed by atoms with E-state index in [1.54, 1.807) is 0 Å². The molecular formula is C64H44N2. The molecule has 0 spiro atoms. The molecule has 0 radical (unpaired) electrons. The van der Waals surface area contributed by atoms with Crippen molar-refractivity contribution in [2.24, 2.45) is 0 Å². The first-order valence-corrected chi connectivity index (χ1v) is 22.7. The van der Waals surface area contributed by atoms with Gasteiger partial charge in [-0.2, -0.15) is 0 Å². The molecule has 0 saturated heterocycles. The van der Waals surface area contributed by atoms with Crippen LogP contribution in [0.5, 0.6) is 0 Å². The monoisotopic (exact) mass is 840 g/mol. The van der Waals surface area contributed by atoms with Gasteiger partial charge in [0.2, 0.25) is 0 Å². The van der Waals surface area contributed by atoms with Gasteiger partial charge in [-0.25, -0.2) is 0 Å². The average Bonchev–Trinajstić information content (AvgIpc) is 3.74. The zero-order valence-electron chi connectivity index (χ0n) is 36.3. The van der Waals surface area contributed by atoms with Crippen LogP contribution in [0.2, 0.25) is 0 Å². The van der Waals surface area contributed by atoms with Gasteiger partial charge >= 0.3 is 0 Å². The quantitative estimate of drug-likeness (QED) is 0.141. The maximum Gasteiger partial charge on any atom is 0.0562 e. The predicted octanol–water partition coefficient (Wildman–Crippen LogP) is 17.7. The molecule has 0 unspecified atom stereocenters. The van der Waals surface area contributed by atoms with Crippen LogP contribution in [0.3, 0.4) is 0 Å². The van der Waals surface area contributed by atoms with E-state index in [0.29, 0.717) is 0 Å². The third kappa shape index (κ3) is 6.93. The fourth-order valence-electron chi connectivity index (χ4n) is 9.92. The van der Waals surface area contributed by atoms with Crippen molar-refractivity contribution in [1.82, 2.24) is 4.57 Å². The Balaban J connectivity index is 1.08. The molecular weight excluding hydrogens is 797 g/mol. The summed E-state index contributed by atoms with van der Waals surface area (Å²) in [4.78, 5) is 2.50. The van der Waals surface area contributed by atoms with E-state index in [1.807, 2.05) is 0 Å². The number of para-hydroxylation sites is 2. The summed E-state index contributed by atoms with van der Waals surface area (Å²) in [7, 11) is 0. The molecule has 0 N–H and O–H groups in total. The Bertz CT molecular complexity index is 3660. The van der Waals surface area contributed by atoms with E-state index in [1.165, 1.54) is 77.1 Å². The summed E-state index contributed by atoms with van der Waals surface area (Å²) in [6.45, 7) is 0. The largest absolute Gasteiger partial charge is 0.309 e. The van der Waals surface area contributed by atoms with E-state index >= 15 is 0 Å². The molecule has 2 nitrogen and oxygen atoms in total. The first-order chi connectivity index (χ1) is 32.8. The van der Waals surface area contributed by atoms with Crippen LogP contribution in [0.1, 0.15) is 0 Å². The predicted molar refractivity (Wildman–Crippen MR) is 280 cm³/mol. The first-order valence-electron chi connectivity index (χ1n) is 22.7. The lowest BCUT2D eigenvalue weighted by atomic mass is 9.87. The Hall–Kier alpha value is -8.72.